The molecule has 4 rings (SSSR count). The number of amides is 2. The number of anilines is 1. The zero-order valence-corrected chi connectivity index (χ0v) is 19.7. The summed E-state index contributed by atoms with van der Waals surface area (Å²) in [5.74, 6) is -0.310. The van der Waals surface area contributed by atoms with Crippen LogP contribution in [0, 0.1) is 5.82 Å². The van der Waals surface area contributed by atoms with Crippen LogP contribution in [-0.2, 0) is 11.3 Å². The summed E-state index contributed by atoms with van der Waals surface area (Å²) in [5, 5.41) is 11.7. The molecule has 178 valence electrons. The van der Waals surface area contributed by atoms with Crippen molar-refractivity contribution in [2.75, 3.05) is 18.4 Å². The predicted molar refractivity (Wildman–Crippen MR) is 129 cm³/mol. The second kappa shape index (κ2) is 10.8. The summed E-state index contributed by atoms with van der Waals surface area (Å²) < 4.78 is 15.5. The number of hydrogen-bond donors (Lipinski definition) is 2. The van der Waals surface area contributed by atoms with Crippen LogP contribution in [0.15, 0.2) is 53.7 Å². The monoisotopic (exact) mass is 482 g/mol. The number of nitrogens with one attached hydrogen (secondary N) is 1. The average Bonchev–Trinajstić information content (AvgIpc) is 3.22. The Morgan fingerprint density at radius 3 is 2.38 bits per heavy atom. The van der Waals surface area contributed by atoms with E-state index in [2.05, 4.69) is 20.4 Å². The van der Waals surface area contributed by atoms with Gasteiger partial charge in [-0.2, -0.15) is 0 Å². The molecule has 34 heavy (non-hydrogen) atoms. The largest absolute Gasteiger partial charge is 0.366 e. The lowest BCUT2D eigenvalue weighted by Gasteiger charge is -2.26. The van der Waals surface area contributed by atoms with Crippen molar-refractivity contribution in [3.63, 3.8) is 0 Å². The van der Waals surface area contributed by atoms with Crippen molar-refractivity contribution in [3.05, 3.63) is 65.7 Å². The highest BCUT2D eigenvalue weighted by atomic mass is 32.2. The number of halogens is 1. The third kappa shape index (κ3) is 5.81. The molecule has 8 nitrogen and oxygen atoms in total. The second-order valence-electron chi connectivity index (χ2n) is 8.24. The van der Waals surface area contributed by atoms with Crippen LogP contribution in [-0.4, -0.2) is 49.8 Å². The maximum Gasteiger partial charge on any atom is 0.248 e. The Labute approximate surface area is 201 Å². The zero-order chi connectivity index (χ0) is 24.1. The summed E-state index contributed by atoms with van der Waals surface area (Å²) in [6.07, 6.45) is 3.55. The molecule has 10 heteroatoms. The number of primary amides is 1. The van der Waals surface area contributed by atoms with E-state index < -0.39 is 11.2 Å². The third-order valence-corrected chi connectivity index (χ3v) is 6.73. The van der Waals surface area contributed by atoms with Crippen LogP contribution in [0.25, 0.3) is 5.69 Å². The number of hydrogen-bond acceptors (Lipinski definition) is 6. The van der Waals surface area contributed by atoms with Crippen molar-refractivity contribution < 1.29 is 14.0 Å². The lowest BCUT2D eigenvalue weighted by atomic mass is 10.1. The summed E-state index contributed by atoms with van der Waals surface area (Å²) in [4.78, 5) is 26.4. The Bertz CT molecular complexity index is 1140. The van der Waals surface area contributed by atoms with Crippen LogP contribution in [0.1, 0.15) is 42.4 Å². The number of rotatable bonds is 8. The molecule has 3 aromatic rings. The number of nitrogens with zero attached hydrogens (tertiary/aromatic N) is 4. The Morgan fingerprint density at radius 2 is 1.74 bits per heavy atom. The van der Waals surface area contributed by atoms with Crippen LogP contribution >= 0.6 is 11.8 Å². The summed E-state index contributed by atoms with van der Waals surface area (Å²) in [6, 6.07) is 12.6. The maximum atomic E-state index is 13.6. The minimum atomic E-state index is -0.526. The smallest absolute Gasteiger partial charge is 0.248 e. The molecular weight excluding hydrogens is 455 g/mol. The fourth-order valence-corrected chi connectivity index (χ4v) is 4.71. The van der Waals surface area contributed by atoms with Gasteiger partial charge in [-0.1, -0.05) is 18.2 Å². The minimum absolute atomic E-state index is 0.219. The second-order valence-corrected chi connectivity index (χ2v) is 9.55. The molecule has 0 radical (unpaired) electrons. The van der Waals surface area contributed by atoms with Gasteiger partial charge >= 0.3 is 0 Å². The van der Waals surface area contributed by atoms with Crippen molar-refractivity contribution in [1.29, 1.82) is 0 Å². The standard InChI is InChI=1S/C24H27FN6O2S/c1-16(23(33)27-19-9-5-17(6-10-19)22(26)32)34-24-29-28-21(15-30-13-3-2-4-14-30)31(24)20-11-7-18(25)8-12-20/h5-12,16H,2-4,13-15H2,1H3,(H2,26,32)(H,27,33)/t16-/m0/s1. The summed E-state index contributed by atoms with van der Waals surface area (Å²) in [5.41, 5.74) is 6.94. The van der Waals surface area contributed by atoms with Gasteiger partial charge in [-0.15, -0.1) is 10.2 Å². The van der Waals surface area contributed by atoms with Gasteiger partial charge in [-0.25, -0.2) is 4.39 Å². The number of carbonyl (C=O) groups excluding carboxylic acids is 2. The van der Waals surface area contributed by atoms with E-state index in [9.17, 15) is 14.0 Å². The van der Waals surface area contributed by atoms with Gasteiger partial charge in [0.05, 0.1) is 11.8 Å². The lowest BCUT2D eigenvalue weighted by molar-refractivity contribution is -0.115. The molecule has 1 aromatic heterocycles. The molecule has 0 unspecified atom stereocenters. The van der Waals surface area contributed by atoms with Crippen LogP contribution in [0.3, 0.4) is 0 Å². The number of aromatic nitrogens is 3. The molecule has 1 fully saturated rings. The van der Waals surface area contributed by atoms with Gasteiger partial charge in [0.1, 0.15) is 5.82 Å². The predicted octanol–water partition coefficient (Wildman–Crippen LogP) is 3.61. The van der Waals surface area contributed by atoms with Crippen LogP contribution in [0.5, 0.6) is 0 Å². The molecule has 3 N–H and O–H groups in total. The van der Waals surface area contributed by atoms with E-state index in [1.165, 1.54) is 30.3 Å². The van der Waals surface area contributed by atoms with Gasteiger partial charge in [0.15, 0.2) is 11.0 Å². The van der Waals surface area contributed by atoms with Gasteiger partial charge in [-0.3, -0.25) is 19.1 Å². The average molecular weight is 483 g/mol. The molecule has 2 aromatic carbocycles. The minimum Gasteiger partial charge on any atom is -0.366 e. The molecule has 0 saturated carbocycles. The van der Waals surface area contributed by atoms with Crippen LogP contribution < -0.4 is 11.1 Å². The van der Waals surface area contributed by atoms with Crippen molar-refractivity contribution >= 4 is 29.3 Å². The van der Waals surface area contributed by atoms with E-state index in [4.69, 9.17) is 5.73 Å². The van der Waals surface area contributed by atoms with Crippen molar-refractivity contribution in [3.8, 4) is 5.69 Å². The first kappa shape index (κ1) is 23.9. The van der Waals surface area contributed by atoms with Gasteiger partial charge in [0.2, 0.25) is 11.8 Å². The first-order valence-corrected chi connectivity index (χ1v) is 12.1. The molecule has 0 spiro atoms. The summed E-state index contributed by atoms with van der Waals surface area (Å²) in [6.45, 7) is 4.43. The Balaban J connectivity index is 1.52. The van der Waals surface area contributed by atoms with E-state index in [0.717, 1.165) is 37.4 Å². The van der Waals surface area contributed by atoms with Crippen LogP contribution in [0.2, 0.25) is 0 Å². The van der Waals surface area contributed by atoms with E-state index in [-0.39, 0.29) is 11.7 Å². The zero-order valence-electron chi connectivity index (χ0n) is 18.9. The Kier molecular flexibility index (Phi) is 7.59. The SMILES string of the molecule is C[C@H](Sc1nnc(CN2CCCCC2)n1-c1ccc(F)cc1)C(=O)Nc1ccc(C(N)=O)cc1. The van der Waals surface area contributed by atoms with Gasteiger partial charge in [0.25, 0.3) is 0 Å². The Hall–Kier alpha value is -3.24. The first-order valence-electron chi connectivity index (χ1n) is 11.2. The number of piperidine rings is 1. The lowest BCUT2D eigenvalue weighted by Crippen LogP contribution is -2.30. The molecule has 1 aliphatic heterocycles. The van der Waals surface area contributed by atoms with Gasteiger partial charge in [0, 0.05) is 16.9 Å². The Morgan fingerprint density at radius 1 is 1.06 bits per heavy atom. The number of benzene rings is 2. The molecule has 0 bridgehead atoms. The molecule has 2 amide bonds. The highest BCUT2D eigenvalue weighted by molar-refractivity contribution is 8.00. The third-order valence-electron chi connectivity index (χ3n) is 5.69. The van der Waals surface area contributed by atoms with E-state index >= 15 is 0 Å². The molecule has 2 heterocycles. The summed E-state index contributed by atoms with van der Waals surface area (Å²) in [7, 11) is 0. The number of nitrogens with two attached hydrogens (primary N) is 1. The number of likely N-dealkylation sites (tertiary alicyclic amines) is 1. The van der Waals surface area contributed by atoms with E-state index in [1.807, 2.05) is 4.57 Å². The molecule has 1 saturated heterocycles. The quantitative estimate of drug-likeness (QED) is 0.475. The van der Waals surface area contributed by atoms with Gasteiger partial charge < -0.3 is 11.1 Å². The normalized spacial score (nSPS) is 15.1. The van der Waals surface area contributed by atoms with Crippen molar-refractivity contribution in [2.45, 2.75) is 43.1 Å². The fourth-order valence-electron chi connectivity index (χ4n) is 3.82. The van der Waals surface area contributed by atoms with Gasteiger partial charge in [-0.05, 0) is 81.4 Å². The topological polar surface area (TPSA) is 106 Å². The molecular formula is C24H27FN6O2S. The highest BCUT2D eigenvalue weighted by Crippen LogP contribution is 2.27. The van der Waals surface area contributed by atoms with Crippen molar-refractivity contribution in [2.24, 2.45) is 5.73 Å². The van der Waals surface area contributed by atoms with Crippen molar-refractivity contribution in [1.82, 2.24) is 19.7 Å². The van der Waals surface area contributed by atoms with E-state index in [0.29, 0.717) is 23.0 Å². The van der Waals surface area contributed by atoms with Crippen LogP contribution in [0.4, 0.5) is 10.1 Å². The first-order chi connectivity index (χ1) is 16.4. The fraction of sp³-hybridized carbons (Fsp3) is 0.333. The molecule has 1 atom stereocenters. The number of carbonyl (C=O) groups is 2. The highest BCUT2D eigenvalue weighted by Gasteiger charge is 2.23. The summed E-state index contributed by atoms with van der Waals surface area (Å²) >= 11 is 1.28. The molecule has 0 aliphatic carbocycles. The van der Waals surface area contributed by atoms with E-state index in [1.54, 1.807) is 43.3 Å². The maximum absolute atomic E-state index is 13.6. The number of thioether (sulfide) groups is 1. The molecule has 1 aliphatic rings.